The molecule has 0 aliphatic heterocycles. The summed E-state index contributed by atoms with van der Waals surface area (Å²) in [6, 6.07) is 4.53. The van der Waals surface area contributed by atoms with E-state index < -0.39 is 26.5 Å². The molecule has 2 aromatic rings. The van der Waals surface area contributed by atoms with Crippen LogP contribution in [-0.4, -0.2) is 41.2 Å². The van der Waals surface area contributed by atoms with Crippen molar-refractivity contribution in [2.24, 2.45) is 13.0 Å². The van der Waals surface area contributed by atoms with Gasteiger partial charge in [0.05, 0.1) is 21.8 Å². The molecule has 1 heterocycles. The third-order valence-electron chi connectivity index (χ3n) is 5.60. The van der Waals surface area contributed by atoms with Gasteiger partial charge in [0, 0.05) is 41.5 Å². The van der Waals surface area contributed by atoms with Crippen LogP contribution < -0.4 is 15.6 Å². The van der Waals surface area contributed by atoms with Gasteiger partial charge in [-0.15, -0.1) is 0 Å². The molecule has 0 amide bonds. The van der Waals surface area contributed by atoms with E-state index in [1.807, 2.05) is 22.6 Å². The molecular weight excluding hydrogens is 540 g/mol. The van der Waals surface area contributed by atoms with Crippen LogP contribution in [0.5, 0.6) is 0 Å². The zero-order valence-corrected chi connectivity index (χ0v) is 20.1. The smallest absolute Gasteiger partial charge is 0.255 e. The highest BCUT2D eigenvalue weighted by Crippen LogP contribution is 2.49. The monoisotopic (exact) mass is 565 g/mol. The van der Waals surface area contributed by atoms with Crippen molar-refractivity contribution in [2.75, 3.05) is 23.3 Å². The Balaban J connectivity index is 2.00. The fraction of sp³-hybridized carbons (Fsp3) is 0.450. The van der Waals surface area contributed by atoms with Gasteiger partial charge in [-0.1, -0.05) is 0 Å². The molecule has 0 atom stereocenters. The molecule has 3 rings (SSSR count). The third-order valence-corrected chi connectivity index (χ3v) is 8.47. The van der Waals surface area contributed by atoms with Gasteiger partial charge in [-0.25, -0.2) is 12.8 Å². The largest absolute Gasteiger partial charge is 0.396 e. The molecule has 11 heteroatoms. The number of pyridine rings is 1. The van der Waals surface area contributed by atoms with Gasteiger partial charge in [0.15, 0.2) is 0 Å². The molecule has 170 valence electrons. The van der Waals surface area contributed by atoms with Crippen molar-refractivity contribution in [1.82, 2.24) is 4.57 Å². The molecule has 0 unspecified atom stereocenters. The number of rotatable bonds is 9. The minimum absolute atomic E-state index is 0.110. The summed E-state index contributed by atoms with van der Waals surface area (Å²) < 4.78 is 44.2. The van der Waals surface area contributed by atoms with Crippen LogP contribution >= 0.6 is 22.6 Å². The van der Waals surface area contributed by atoms with Crippen molar-refractivity contribution in [3.8, 4) is 0 Å². The van der Waals surface area contributed by atoms with Crippen molar-refractivity contribution < 1.29 is 23.0 Å². The van der Waals surface area contributed by atoms with Gasteiger partial charge in [-0.3, -0.25) is 9.52 Å². The summed E-state index contributed by atoms with van der Waals surface area (Å²) in [5.74, 6) is -1.08. The van der Waals surface area contributed by atoms with Gasteiger partial charge < -0.3 is 20.1 Å². The van der Waals surface area contributed by atoms with E-state index in [0.717, 1.165) is 0 Å². The maximum Gasteiger partial charge on any atom is 0.255 e. The highest BCUT2D eigenvalue weighted by molar-refractivity contribution is 14.1. The fourth-order valence-electron chi connectivity index (χ4n) is 3.54. The Bertz CT molecular complexity index is 1140. The summed E-state index contributed by atoms with van der Waals surface area (Å²) in [5.41, 5.74) is 0.281. The summed E-state index contributed by atoms with van der Waals surface area (Å²) in [7, 11) is -2.41. The van der Waals surface area contributed by atoms with E-state index in [1.165, 1.54) is 36.9 Å². The number of nitrogens with zero attached hydrogens (tertiary/aromatic N) is 1. The fourth-order valence-corrected chi connectivity index (χ4v) is 5.75. The number of anilines is 3. The second kappa shape index (κ2) is 9.04. The van der Waals surface area contributed by atoms with Gasteiger partial charge in [0.25, 0.3) is 5.56 Å². The lowest BCUT2D eigenvalue weighted by molar-refractivity contribution is 0.141. The van der Waals surface area contributed by atoms with Gasteiger partial charge in [0.2, 0.25) is 10.0 Å². The molecular formula is C20H25FIN3O5S. The Labute approximate surface area is 193 Å². The molecule has 8 nitrogen and oxygen atoms in total. The molecule has 0 bridgehead atoms. The van der Waals surface area contributed by atoms with E-state index in [1.54, 1.807) is 6.07 Å². The molecule has 1 aromatic carbocycles. The summed E-state index contributed by atoms with van der Waals surface area (Å²) in [6.45, 7) is 0.907. The highest BCUT2D eigenvalue weighted by Gasteiger charge is 2.55. The number of hydrogen-bond acceptors (Lipinski definition) is 6. The van der Waals surface area contributed by atoms with E-state index in [-0.39, 0.29) is 47.8 Å². The second-order valence-corrected chi connectivity index (χ2v) is 11.3. The maximum absolute atomic E-state index is 14.4. The van der Waals surface area contributed by atoms with Gasteiger partial charge in [-0.05, 0) is 67.0 Å². The van der Waals surface area contributed by atoms with Crippen LogP contribution in [0.15, 0.2) is 29.2 Å². The summed E-state index contributed by atoms with van der Waals surface area (Å²) in [4.78, 5) is 12.5. The van der Waals surface area contributed by atoms with Crippen LogP contribution in [0.2, 0.25) is 0 Å². The van der Waals surface area contributed by atoms with Crippen LogP contribution in [0.3, 0.4) is 0 Å². The van der Waals surface area contributed by atoms with Crippen molar-refractivity contribution in [3.63, 3.8) is 0 Å². The van der Waals surface area contributed by atoms with Crippen LogP contribution in [0.1, 0.15) is 24.8 Å². The van der Waals surface area contributed by atoms with Crippen molar-refractivity contribution >= 4 is 49.7 Å². The van der Waals surface area contributed by atoms with E-state index >= 15 is 0 Å². The Morgan fingerprint density at radius 3 is 2.45 bits per heavy atom. The predicted molar refractivity (Wildman–Crippen MR) is 126 cm³/mol. The first-order valence-electron chi connectivity index (χ1n) is 9.70. The first-order valence-corrected chi connectivity index (χ1v) is 12.3. The first-order chi connectivity index (χ1) is 14.5. The van der Waals surface area contributed by atoms with Crippen molar-refractivity contribution in [1.29, 1.82) is 0 Å². The topological polar surface area (TPSA) is 121 Å². The molecule has 31 heavy (non-hydrogen) atoms. The van der Waals surface area contributed by atoms with Crippen molar-refractivity contribution in [3.05, 3.63) is 49.7 Å². The second-order valence-electron chi connectivity index (χ2n) is 7.93. The summed E-state index contributed by atoms with van der Waals surface area (Å²) in [6.07, 6.45) is 2.27. The Kier molecular flexibility index (Phi) is 6.99. The van der Waals surface area contributed by atoms with Gasteiger partial charge >= 0.3 is 0 Å². The minimum atomic E-state index is -3.92. The molecule has 1 fully saturated rings. The number of hydrogen-bond donors (Lipinski definition) is 4. The molecule has 1 aliphatic carbocycles. The molecule has 0 radical (unpaired) electrons. The quantitative estimate of drug-likeness (QED) is 0.347. The van der Waals surface area contributed by atoms with Crippen LogP contribution in [-0.2, 0) is 17.1 Å². The number of halogens is 2. The average molecular weight is 565 g/mol. The molecule has 0 saturated heterocycles. The maximum atomic E-state index is 14.4. The van der Waals surface area contributed by atoms with E-state index in [4.69, 9.17) is 0 Å². The van der Waals surface area contributed by atoms with E-state index in [2.05, 4.69) is 10.0 Å². The number of nitrogens with one attached hydrogen (secondary N) is 2. The van der Waals surface area contributed by atoms with Crippen LogP contribution in [0, 0.1) is 22.2 Å². The Morgan fingerprint density at radius 2 is 1.90 bits per heavy atom. The number of aromatic nitrogens is 1. The number of sulfonamides is 1. The van der Waals surface area contributed by atoms with Gasteiger partial charge in [-0.2, -0.15) is 0 Å². The van der Waals surface area contributed by atoms with Crippen LogP contribution in [0.25, 0.3) is 0 Å². The predicted octanol–water partition coefficient (Wildman–Crippen LogP) is 2.45. The Hall–Kier alpha value is -1.70. The number of benzene rings is 1. The molecule has 1 aromatic heterocycles. The molecule has 1 saturated carbocycles. The van der Waals surface area contributed by atoms with Crippen LogP contribution in [0.4, 0.5) is 21.5 Å². The number of aliphatic hydroxyl groups excluding tert-OH is 2. The van der Waals surface area contributed by atoms with Gasteiger partial charge in [0.1, 0.15) is 5.82 Å². The lowest BCUT2D eigenvalue weighted by Crippen LogP contribution is -2.34. The SMILES string of the molecule is Cc1c(Nc2ccc(I)cc2F)c(NS(=O)(=O)C2(CC(CO)CO)CC2)cn(C)c1=O. The number of aryl methyl sites for hydroxylation is 1. The third kappa shape index (κ3) is 4.89. The van der Waals surface area contributed by atoms with Crippen molar-refractivity contribution in [2.45, 2.75) is 30.9 Å². The number of aliphatic hydroxyl groups is 2. The minimum Gasteiger partial charge on any atom is -0.396 e. The normalized spacial score (nSPS) is 15.2. The lowest BCUT2D eigenvalue weighted by atomic mass is 10.0. The highest BCUT2D eigenvalue weighted by atomic mass is 127. The summed E-state index contributed by atoms with van der Waals surface area (Å²) in [5, 5.41) is 21.6. The first kappa shape index (κ1) is 24.0. The van der Waals surface area contributed by atoms with E-state index in [0.29, 0.717) is 16.4 Å². The standard InChI is InChI=1S/C20H25FIN3O5S/c1-12-18(23-16-4-3-14(22)7-15(16)21)17(9-25(2)19(12)28)24-31(29,30)20(5-6-20)8-13(10-26)11-27/h3-4,7,9,13,23-24,26-27H,5-6,8,10-11H2,1-2H3. The molecule has 1 aliphatic rings. The molecule has 4 N–H and O–H groups in total. The zero-order chi connectivity index (χ0) is 23.0. The summed E-state index contributed by atoms with van der Waals surface area (Å²) >= 11 is 1.98. The Morgan fingerprint density at radius 1 is 1.26 bits per heavy atom. The van der Waals surface area contributed by atoms with E-state index in [9.17, 15) is 27.8 Å². The lowest BCUT2D eigenvalue weighted by Gasteiger charge is -2.23. The zero-order valence-electron chi connectivity index (χ0n) is 17.2. The average Bonchev–Trinajstić information content (AvgIpc) is 3.50. The molecule has 0 spiro atoms.